The van der Waals surface area contributed by atoms with Gasteiger partial charge in [-0.15, -0.1) is 0 Å². The first-order valence-electron chi connectivity index (χ1n) is 8.12. The molecule has 8 nitrogen and oxygen atoms in total. The summed E-state index contributed by atoms with van der Waals surface area (Å²) in [4.78, 5) is 47.6. The minimum Gasteiger partial charge on any atom is -0.482 e. The van der Waals surface area contributed by atoms with Crippen LogP contribution in [0.25, 0.3) is 6.08 Å². The summed E-state index contributed by atoms with van der Waals surface area (Å²) in [6.07, 6.45) is 1.52. The molecule has 9 heteroatoms. The molecule has 1 saturated heterocycles. The number of benzene rings is 1. The number of ether oxygens (including phenoxy) is 2. The standard InChI is InChI=1S/C18H19NO7S/c1-11(2)9-26-16(22)8-19-17(23)14(27-18(19)24)7-12-3-5-13(6-4-12)25-10-15(20)21/h3-7,11H,8-10H2,1-2H3,(H,20,21). The summed E-state index contributed by atoms with van der Waals surface area (Å²) in [5.74, 6) is -1.74. The summed E-state index contributed by atoms with van der Waals surface area (Å²) in [6, 6.07) is 6.37. The third kappa shape index (κ3) is 6.14. The normalized spacial score (nSPS) is 15.5. The Bertz CT molecular complexity index is 770. The second-order valence-corrected chi connectivity index (χ2v) is 7.09. The lowest BCUT2D eigenvalue weighted by Crippen LogP contribution is -2.34. The molecule has 0 spiro atoms. The Labute approximate surface area is 160 Å². The van der Waals surface area contributed by atoms with E-state index in [4.69, 9.17) is 14.6 Å². The van der Waals surface area contributed by atoms with Gasteiger partial charge in [0.15, 0.2) is 6.61 Å². The number of amides is 2. The third-order valence-electron chi connectivity index (χ3n) is 3.28. The van der Waals surface area contributed by atoms with Crippen LogP contribution in [-0.4, -0.2) is 52.8 Å². The van der Waals surface area contributed by atoms with Gasteiger partial charge in [0.05, 0.1) is 11.5 Å². The van der Waals surface area contributed by atoms with Gasteiger partial charge in [-0.1, -0.05) is 26.0 Å². The number of nitrogens with zero attached hydrogens (tertiary/aromatic N) is 1. The van der Waals surface area contributed by atoms with E-state index in [2.05, 4.69) is 0 Å². The van der Waals surface area contributed by atoms with Crippen molar-refractivity contribution in [3.63, 3.8) is 0 Å². The van der Waals surface area contributed by atoms with Crippen molar-refractivity contribution in [2.75, 3.05) is 19.8 Å². The first-order valence-corrected chi connectivity index (χ1v) is 8.93. The minimum absolute atomic E-state index is 0.159. The number of carbonyl (C=O) groups excluding carboxylic acids is 3. The van der Waals surface area contributed by atoms with Crippen molar-refractivity contribution in [2.24, 2.45) is 5.92 Å². The number of imide groups is 1. The van der Waals surface area contributed by atoms with Gasteiger partial charge in [-0.25, -0.2) is 4.79 Å². The lowest BCUT2D eigenvalue weighted by Gasteiger charge is -2.12. The average molecular weight is 393 g/mol. The maximum absolute atomic E-state index is 12.4. The van der Waals surface area contributed by atoms with Crippen LogP contribution in [-0.2, 0) is 19.1 Å². The number of aliphatic carboxylic acids is 1. The number of hydrogen-bond acceptors (Lipinski definition) is 7. The molecule has 0 atom stereocenters. The molecular formula is C18H19NO7S. The highest BCUT2D eigenvalue weighted by Crippen LogP contribution is 2.32. The second-order valence-electron chi connectivity index (χ2n) is 6.10. The Hall–Kier alpha value is -2.81. The zero-order valence-corrected chi connectivity index (χ0v) is 15.7. The summed E-state index contributed by atoms with van der Waals surface area (Å²) in [6.45, 7) is 3.12. The predicted molar refractivity (Wildman–Crippen MR) is 98.0 cm³/mol. The molecule has 1 N–H and O–H groups in total. The zero-order chi connectivity index (χ0) is 20.0. The van der Waals surface area contributed by atoms with E-state index in [1.807, 2.05) is 13.8 Å². The largest absolute Gasteiger partial charge is 0.482 e. The van der Waals surface area contributed by atoms with E-state index >= 15 is 0 Å². The Morgan fingerprint density at radius 3 is 2.48 bits per heavy atom. The molecule has 1 heterocycles. The van der Waals surface area contributed by atoms with Crippen LogP contribution < -0.4 is 4.74 Å². The molecule has 27 heavy (non-hydrogen) atoms. The predicted octanol–water partition coefficient (Wildman–Crippen LogP) is 2.39. The van der Waals surface area contributed by atoms with E-state index in [9.17, 15) is 19.2 Å². The van der Waals surface area contributed by atoms with Gasteiger partial charge in [-0.05, 0) is 41.5 Å². The van der Waals surface area contributed by atoms with E-state index in [1.165, 1.54) is 6.08 Å². The van der Waals surface area contributed by atoms with Gasteiger partial charge in [0.2, 0.25) is 0 Å². The van der Waals surface area contributed by atoms with Crippen molar-refractivity contribution in [3.05, 3.63) is 34.7 Å². The average Bonchev–Trinajstić information content (AvgIpc) is 2.86. The maximum atomic E-state index is 12.4. The van der Waals surface area contributed by atoms with Gasteiger partial charge in [0.25, 0.3) is 11.1 Å². The monoisotopic (exact) mass is 393 g/mol. The summed E-state index contributed by atoms with van der Waals surface area (Å²) in [5, 5.41) is 8.04. The molecular weight excluding hydrogens is 374 g/mol. The Morgan fingerprint density at radius 1 is 1.22 bits per heavy atom. The molecule has 144 valence electrons. The van der Waals surface area contributed by atoms with Crippen molar-refractivity contribution < 1.29 is 33.8 Å². The van der Waals surface area contributed by atoms with Crippen LogP contribution in [0.1, 0.15) is 19.4 Å². The molecule has 1 aromatic carbocycles. The molecule has 0 aromatic heterocycles. The highest BCUT2D eigenvalue weighted by atomic mass is 32.2. The fraction of sp³-hybridized carbons (Fsp3) is 0.333. The first-order chi connectivity index (χ1) is 12.8. The quantitative estimate of drug-likeness (QED) is 0.529. The Morgan fingerprint density at radius 2 is 1.89 bits per heavy atom. The highest BCUT2D eigenvalue weighted by Gasteiger charge is 2.36. The zero-order valence-electron chi connectivity index (χ0n) is 14.8. The van der Waals surface area contributed by atoms with E-state index in [0.717, 1.165) is 16.7 Å². The van der Waals surface area contributed by atoms with Gasteiger partial charge >= 0.3 is 11.9 Å². The van der Waals surface area contributed by atoms with Crippen LogP contribution in [0.5, 0.6) is 5.75 Å². The summed E-state index contributed by atoms with van der Waals surface area (Å²) < 4.78 is 10.0. The third-order valence-corrected chi connectivity index (χ3v) is 4.19. The second kappa shape index (κ2) is 9.22. The molecule has 1 aromatic rings. The van der Waals surface area contributed by atoms with Crippen LogP contribution in [0, 0.1) is 5.92 Å². The SMILES string of the molecule is CC(C)COC(=O)CN1C(=O)SC(=Cc2ccc(OCC(=O)O)cc2)C1=O. The number of hydrogen-bond donors (Lipinski definition) is 1. The number of thioether (sulfide) groups is 1. The first kappa shape index (κ1) is 20.5. The van der Waals surface area contributed by atoms with E-state index < -0.39 is 36.2 Å². The lowest BCUT2D eigenvalue weighted by atomic mass is 10.2. The minimum atomic E-state index is -1.08. The van der Waals surface area contributed by atoms with Gasteiger partial charge in [-0.2, -0.15) is 0 Å². The van der Waals surface area contributed by atoms with Gasteiger partial charge in [0.1, 0.15) is 12.3 Å². The van der Waals surface area contributed by atoms with Crippen LogP contribution in [0.4, 0.5) is 4.79 Å². The molecule has 0 saturated carbocycles. The number of rotatable bonds is 8. The van der Waals surface area contributed by atoms with Crippen molar-refractivity contribution >= 4 is 40.9 Å². The van der Waals surface area contributed by atoms with E-state index in [0.29, 0.717) is 11.3 Å². The van der Waals surface area contributed by atoms with E-state index in [-0.39, 0.29) is 17.4 Å². The fourth-order valence-electron chi connectivity index (χ4n) is 2.03. The van der Waals surface area contributed by atoms with Gasteiger partial charge < -0.3 is 14.6 Å². The summed E-state index contributed by atoms with van der Waals surface area (Å²) in [5.41, 5.74) is 0.630. The van der Waals surface area contributed by atoms with Crippen molar-refractivity contribution in [3.8, 4) is 5.75 Å². The molecule has 2 rings (SSSR count). The van der Waals surface area contributed by atoms with Crippen molar-refractivity contribution in [1.82, 2.24) is 4.90 Å². The molecule has 1 aliphatic heterocycles. The number of carboxylic acids is 1. The topological polar surface area (TPSA) is 110 Å². The molecule has 1 aliphatic rings. The van der Waals surface area contributed by atoms with Crippen molar-refractivity contribution in [2.45, 2.75) is 13.8 Å². The number of carboxylic acid groups (broad SMARTS) is 1. The van der Waals surface area contributed by atoms with Crippen molar-refractivity contribution in [1.29, 1.82) is 0 Å². The van der Waals surface area contributed by atoms with Crippen LogP contribution in [0.2, 0.25) is 0 Å². The molecule has 0 unspecified atom stereocenters. The van der Waals surface area contributed by atoms with E-state index in [1.54, 1.807) is 24.3 Å². The van der Waals surface area contributed by atoms with Gasteiger partial charge in [0, 0.05) is 0 Å². The summed E-state index contributed by atoms with van der Waals surface area (Å²) in [7, 11) is 0. The van der Waals surface area contributed by atoms with Crippen LogP contribution in [0.15, 0.2) is 29.2 Å². The Kier molecular flexibility index (Phi) is 7.00. The van der Waals surface area contributed by atoms with Crippen LogP contribution >= 0.6 is 11.8 Å². The molecule has 0 bridgehead atoms. The maximum Gasteiger partial charge on any atom is 0.341 e. The molecule has 0 radical (unpaired) electrons. The lowest BCUT2D eigenvalue weighted by molar-refractivity contribution is -0.147. The molecule has 0 aliphatic carbocycles. The number of esters is 1. The summed E-state index contributed by atoms with van der Waals surface area (Å²) >= 11 is 0.743. The highest BCUT2D eigenvalue weighted by molar-refractivity contribution is 8.18. The molecule has 2 amide bonds. The smallest absolute Gasteiger partial charge is 0.341 e. The van der Waals surface area contributed by atoms with Gasteiger partial charge in [-0.3, -0.25) is 19.3 Å². The number of carbonyl (C=O) groups is 4. The Balaban J connectivity index is 2.00. The molecule has 1 fully saturated rings. The fourth-order valence-corrected chi connectivity index (χ4v) is 2.87. The van der Waals surface area contributed by atoms with Crippen LogP contribution in [0.3, 0.4) is 0 Å².